The van der Waals surface area contributed by atoms with Gasteiger partial charge < -0.3 is 14.9 Å². The third-order valence-electron chi connectivity index (χ3n) is 9.20. The number of hydrogen-bond donors (Lipinski definition) is 2. The van der Waals surface area contributed by atoms with Gasteiger partial charge in [-0.1, -0.05) is 19.4 Å². The van der Waals surface area contributed by atoms with Crippen molar-refractivity contribution in [3.63, 3.8) is 0 Å². The molecule has 33 heavy (non-hydrogen) atoms. The number of carboxylic acid groups (broad SMARTS) is 1. The summed E-state index contributed by atoms with van der Waals surface area (Å²) in [6.07, 6.45) is 6.04. The number of carbonyl (C=O) groups excluding carboxylic acids is 3. The van der Waals surface area contributed by atoms with Gasteiger partial charge in [0.2, 0.25) is 0 Å². The average molecular weight is 470 g/mol. The second-order valence-electron chi connectivity index (χ2n) is 10.8. The van der Waals surface area contributed by atoms with E-state index in [1.807, 2.05) is 6.08 Å². The van der Waals surface area contributed by atoms with Crippen LogP contribution in [0.5, 0.6) is 0 Å². The van der Waals surface area contributed by atoms with Crippen LogP contribution in [0.25, 0.3) is 0 Å². The van der Waals surface area contributed by atoms with Gasteiger partial charge >= 0.3 is 11.9 Å². The molecule has 0 unspecified atom stereocenters. The van der Waals surface area contributed by atoms with Gasteiger partial charge in [0.15, 0.2) is 11.6 Å². The number of allylic oxidation sites excluding steroid dienone is 1. The minimum atomic E-state index is -1.08. The van der Waals surface area contributed by atoms with Crippen LogP contribution in [0.15, 0.2) is 11.6 Å². The first-order valence-corrected chi connectivity index (χ1v) is 11.9. The van der Waals surface area contributed by atoms with E-state index in [-0.39, 0.29) is 83.2 Å². The van der Waals surface area contributed by atoms with Crippen molar-refractivity contribution in [2.24, 2.45) is 34.5 Å². The number of rotatable bonds is 6. The molecule has 0 aliphatic heterocycles. The quantitative estimate of drug-likeness (QED) is 0.454. The largest absolute Gasteiger partial charge is 0.481 e. The van der Waals surface area contributed by atoms with E-state index >= 15 is 0 Å². The Labute approximate surface area is 217 Å². The number of carboxylic acids is 1. The monoisotopic (exact) mass is 469 g/mol. The van der Waals surface area contributed by atoms with Crippen LogP contribution in [0.1, 0.15) is 71.6 Å². The Kier molecular flexibility index (Phi) is 7.99. The molecule has 8 heteroatoms. The molecule has 0 amide bonds. The molecule has 3 fully saturated rings. The topological polar surface area (TPSA) is 118 Å². The van der Waals surface area contributed by atoms with Crippen LogP contribution < -0.4 is 0 Å². The summed E-state index contributed by atoms with van der Waals surface area (Å²) in [6.45, 7) is 3.99. The van der Waals surface area contributed by atoms with Gasteiger partial charge in [-0.15, -0.1) is 0 Å². The number of aliphatic hydroxyl groups is 1. The zero-order valence-electron chi connectivity index (χ0n) is 20.0. The summed E-state index contributed by atoms with van der Waals surface area (Å²) in [5, 5.41) is 20.0. The van der Waals surface area contributed by atoms with Gasteiger partial charge in [-0.05, 0) is 73.2 Å². The molecule has 0 saturated heterocycles. The first kappa shape index (κ1) is 26.6. The van der Waals surface area contributed by atoms with E-state index in [9.17, 15) is 24.3 Å². The summed E-state index contributed by atoms with van der Waals surface area (Å²) in [6, 6.07) is 0. The molecule has 0 heterocycles. The summed E-state index contributed by atoms with van der Waals surface area (Å²) in [7, 11) is 0. The minimum Gasteiger partial charge on any atom is -0.481 e. The standard InChI is InChI=1S/C25H34O7.Na/c1-24-10-9-15(26)11-14(24)3-4-16-17-5-6-18(25(17,2)12-19(27)23(16)24)20(28)13-32-22(31)8-7-21(29)30;/h11,16-19,23,27H,3-10,12-13H2,1-2H3,(H,29,30);/t16-,17-,18+,19-,23+,24-,25-;/m0./s1. The minimum absolute atomic E-state index is 0. The van der Waals surface area contributed by atoms with Gasteiger partial charge in [0, 0.05) is 41.9 Å². The van der Waals surface area contributed by atoms with Crippen molar-refractivity contribution >= 4 is 53.1 Å². The Bertz CT molecular complexity index is 867. The van der Waals surface area contributed by atoms with Crippen molar-refractivity contribution in [1.29, 1.82) is 0 Å². The van der Waals surface area contributed by atoms with E-state index in [4.69, 9.17) is 9.84 Å². The summed E-state index contributed by atoms with van der Waals surface area (Å²) < 4.78 is 5.07. The fourth-order valence-corrected chi connectivity index (χ4v) is 7.75. The Hall–Kier alpha value is -1.02. The Morgan fingerprint density at radius 2 is 1.85 bits per heavy atom. The predicted octanol–water partition coefficient (Wildman–Crippen LogP) is 2.70. The second-order valence-corrected chi connectivity index (χ2v) is 10.8. The molecule has 4 rings (SSSR count). The van der Waals surface area contributed by atoms with Crippen LogP contribution in [0.2, 0.25) is 0 Å². The number of fused-ring (bicyclic) bond motifs is 5. The smallest absolute Gasteiger partial charge is 0.306 e. The molecule has 4 aliphatic rings. The first-order chi connectivity index (χ1) is 15.1. The molecule has 0 aromatic heterocycles. The number of ether oxygens (including phenoxy) is 1. The van der Waals surface area contributed by atoms with Crippen molar-refractivity contribution < 1.29 is 34.1 Å². The number of aliphatic carboxylic acids is 1. The maximum absolute atomic E-state index is 13.0. The van der Waals surface area contributed by atoms with Crippen LogP contribution in [0.4, 0.5) is 0 Å². The first-order valence-electron chi connectivity index (χ1n) is 11.9. The normalized spacial score (nSPS) is 39.3. The Balaban J connectivity index is 0.00000306. The van der Waals surface area contributed by atoms with Crippen molar-refractivity contribution in [1.82, 2.24) is 0 Å². The number of carbonyl (C=O) groups is 4. The molecule has 0 aromatic rings. The molecule has 4 aliphatic carbocycles. The Morgan fingerprint density at radius 1 is 1.12 bits per heavy atom. The molecular formula is C25H34NaO7. The molecule has 3 saturated carbocycles. The fourth-order valence-electron chi connectivity index (χ4n) is 7.75. The van der Waals surface area contributed by atoms with Crippen molar-refractivity contribution in [2.75, 3.05) is 6.61 Å². The molecule has 0 aromatic carbocycles. The van der Waals surface area contributed by atoms with Gasteiger partial charge in [-0.2, -0.15) is 0 Å². The molecule has 0 spiro atoms. The molecule has 1 radical (unpaired) electrons. The summed E-state index contributed by atoms with van der Waals surface area (Å²) >= 11 is 0. The summed E-state index contributed by atoms with van der Waals surface area (Å²) in [5.41, 5.74) is 0.698. The fraction of sp³-hybridized carbons (Fsp3) is 0.760. The average Bonchev–Trinajstić information content (AvgIpc) is 3.07. The molecule has 7 nitrogen and oxygen atoms in total. The van der Waals surface area contributed by atoms with Crippen LogP contribution in [-0.4, -0.2) is 76.0 Å². The van der Waals surface area contributed by atoms with E-state index in [1.54, 1.807) is 0 Å². The van der Waals surface area contributed by atoms with Crippen LogP contribution in [0.3, 0.4) is 0 Å². The van der Waals surface area contributed by atoms with E-state index in [0.29, 0.717) is 24.7 Å². The van der Waals surface area contributed by atoms with Crippen LogP contribution in [-0.2, 0) is 23.9 Å². The van der Waals surface area contributed by atoms with Gasteiger partial charge in [-0.25, -0.2) is 0 Å². The second kappa shape index (κ2) is 9.92. The van der Waals surface area contributed by atoms with Crippen LogP contribution in [0, 0.1) is 34.5 Å². The zero-order chi connectivity index (χ0) is 23.3. The number of hydrogen-bond acceptors (Lipinski definition) is 6. The number of ketones is 2. The molecular weight excluding hydrogens is 435 g/mol. The predicted molar refractivity (Wildman–Crippen MR) is 120 cm³/mol. The third kappa shape index (κ3) is 4.75. The molecule has 0 bridgehead atoms. The number of esters is 1. The Morgan fingerprint density at radius 3 is 2.55 bits per heavy atom. The molecule has 177 valence electrons. The van der Waals surface area contributed by atoms with E-state index < -0.39 is 18.0 Å². The van der Waals surface area contributed by atoms with Crippen molar-refractivity contribution in [2.45, 2.75) is 77.7 Å². The van der Waals surface area contributed by atoms with E-state index in [2.05, 4.69) is 13.8 Å². The van der Waals surface area contributed by atoms with Gasteiger partial charge in [0.05, 0.1) is 18.9 Å². The summed E-state index contributed by atoms with van der Waals surface area (Å²) in [5.74, 6) is -1.21. The van der Waals surface area contributed by atoms with Crippen molar-refractivity contribution in [3.05, 3.63) is 11.6 Å². The SMILES string of the molecule is C[C@]12C[C@H](O)[C@H]3[C@@H](CCC4=CC(=O)CC[C@@]43C)[C@@H]1CC[C@@H]2C(=O)COC(=O)CCC(=O)O.[Na]. The molecule has 7 atom stereocenters. The van der Waals surface area contributed by atoms with E-state index in [1.165, 1.54) is 5.57 Å². The zero-order valence-corrected chi connectivity index (χ0v) is 22.0. The number of Topliss-reactive ketones (excluding diaryl/α,β-unsaturated/α-hetero) is 1. The summed E-state index contributed by atoms with van der Waals surface area (Å²) in [4.78, 5) is 47.4. The maximum atomic E-state index is 13.0. The number of aliphatic hydroxyl groups excluding tert-OH is 1. The maximum Gasteiger partial charge on any atom is 0.306 e. The van der Waals surface area contributed by atoms with Gasteiger partial charge in [-0.3, -0.25) is 19.2 Å². The van der Waals surface area contributed by atoms with E-state index in [0.717, 1.165) is 32.1 Å². The third-order valence-corrected chi connectivity index (χ3v) is 9.20. The van der Waals surface area contributed by atoms with Gasteiger partial charge in [0.25, 0.3) is 0 Å². The van der Waals surface area contributed by atoms with Gasteiger partial charge in [0.1, 0.15) is 6.61 Å². The van der Waals surface area contributed by atoms with Crippen molar-refractivity contribution in [3.8, 4) is 0 Å². The van der Waals surface area contributed by atoms with Crippen LogP contribution >= 0.6 is 0 Å². The molecule has 2 N–H and O–H groups in total.